The minimum absolute atomic E-state index is 0.595. The number of hydrogen-bond acceptors (Lipinski definition) is 3. The Hall–Kier alpha value is -8.55. The van der Waals surface area contributed by atoms with Crippen molar-refractivity contribution in [3.63, 3.8) is 0 Å². The van der Waals surface area contributed by atoms with Crippen molar-refractivity contribution in [3.05, 3.63) is 200 Å². The first kappa shape index (κ1) is 33.3. The Morgan fingerprint density at radius 1 is 0.306 bits per heavy atom. The van der Waals surface area contributed by atoms with E-state index >= 15 is 0 Å². The lowest BCUT2D eigenvalue weighted by Crippen LogP contribution is -2.10. The lowest BCUT2D eigenvalue weighted by molar-refractivity contribution is 0.918. The molecule has 0 bridgehead atoms. The minimum Gasteiger partial charge on any atom is -0.309 e. The van der Waals surface area contributed by atoms with Crippen LogP contribution in [0.4, 0.5) is 0 Å². The summed E-state index contributed by atoms with van der Waals surface area (Å²) >= 11 is 0. The van der Waals surface area contributed by atoms with Gasteiger partial charge in [-0.2, -0.15) is 9.97 Å². The molecule has 7 heteroatoms. The smallest absolute Gasteiger partial charge is 0.238 e. The second-order valence-corrected chi connectivity index (χ2v) is 16.1. The molecule has 14 aromatic rings. The highest BCUT2D eigenvalue weighted by molar-refractivity contribution is 6.29. The molecule has 14 rings (SSSR count). The van der Waals surface area contributed by atoms with Crippen molar-refractivity contribution in [1.29, 1.82) is 0 Å². The number of benzene rings is 8. The standard InChI is InChI=1S/C55H33N7/c1-7-21-43-36(15-1)37-16-2-8-22-44(37)60(43)51-33-52(61-45-23-9-3-17-38(45)39-18-4-10-24-46(39)61)58-55(57-51)62-48-26-12-6-20-41(48)54-50(62)30-29-49-53(54)40-19-5-11-25-47(40)59(49)35-27-28-42-34(32-35)14-13-31-56-42/h1-33H. The zero-order valence-corrected chi connectivity index (χ0v) is 33.2. The Morgan fingerprint density at radius 2 is 0.726 bits per heavy atom. The van der Waals surface area contributed by atoms with Crippen LogP contribution in [0.15, 0.2) is 200 Å². The highest BCUT2D eigenvalue weighted by atomic mass is 15.2. The molecule has 0 amide bonds. The maximum absolute atomic E-state index is 5.60. The van der Waals surface area contributed by atoms with Gasteiger partial charge in [-0.05, 0) is 72.8 Å². The summed E-state index contributed by atoms with van der Waals surface area (Å²) in [4.78, 5) is 15.8. The number of fused-ring (bicyclic) bond motifs is 14. The van der Waals surface area contributed by atoms with E-state index in [0.717, 1.165) is 77.7 Å². The van der Waals surface area contributed by atoms with Gasteiger partial charge in [0.05, 0.1) is 49.7 Å². The molecule has 0 atom stereocenters. The molecule has 0 aliphatic carbocycles. The van der Waals surface area contributed by atoms with E-state index in [0.29, 0.717) is 5.95 Å². The lowest BCUT2D eigenvalue weighted by Gasteiger charge is -2.15. The Morgan fingerprint density at radius 3 is 1.23 bits per heavy atom. The Kier molecular flexibility index (Phi) is 6.71. The van der Waals surface area contributed by atoms with Crippen molar-refractivity contribution < 1.29 is 0 Å². The number of rotatable bonds is 4. The Bertz CT molecular complexity index is 3940. The van der Waals surface area contributed by atoms with Crippen molar-refractivity contribution >= 4 is 98.1 Å². The van der Waals surface area contributed by atoms with Gasteiger partial charge < -0.3 is 4.57 Å². The number of aromatic nitrogens is 7. The highest BCUT2D eigenvalue weighted by Crippen LogP contribution is 2.43. The van der Waals surface area contributed by atoms with Crippen LogP contribution in [-0.2, 0) is 0 Å². The summed E-state index contributed by atoms with van der Waals surface area (Å²) in [5.41, 5.74) is 10.8. The van der Waals surface area contributed by atoms with Crippen molar-refractivity contribution in [2.45, 2.75) is 0 Å². The van der Waals surface area contributed by atoms with E-state index in [-0.39, 0.29) is 0 Å². The highest BCUT2D eigenvalue weighted by Gasteiger charge is 2.24. The zero-order chi connectivity index (χ0) is 40.5. The van der Waals surface area contributed by atoms with Crippen LogP contribution in [0.5, 0.6) is 0 Å². The normalized spacial score (nSPS) is 12.2. The molecule has 0 aliphatic heterocycles. The van der Waals surface area contributed by atoms with Crippen molar-refractivity contribution in [2.24, 2.45) is 0 Å². The number of pyridine rings is 1. The number of nitrogens with zero attached hydrogens (tertiary/aromatic N) is 7. The first-order valence-electron chi connectivity index (χ1n) is 21.0. The summed E-state index contributed by atoms with van der Waals surface area (Å²) in [7, 11) is 0. The molecule has 6 heterocycles. The van der Waals surface area contributed by atoms with Gasteiger partial charge in [0.15, 0.2) is 0 Å². The zero-order valence-electron chi connectivity index (χ0n) is 33.2. The maximum Gasteiger partial charge on any atom is 0.238 e. The summed E-state index contributed by atoms with van der Waals surface area (Å²) in [6.45, 7) is 0. The summed E-state index contributed by atoms with van der Waals surface area (Å²) in [6.07, 6.45) is 1.85. The van der Waals surface area contributed by atoms with Crippen LogP contribution in [0, 0.1) is 0 Å². The number of para-hydroxylation sites is 6. The first-order valence-corrected chi connectivity index (χ1v) is 21.0. The molecular formula is C55H33N7. The first-order chi connectivity index (χ1) is 30.8. The predicted molar refractivity (Wildman–Crippen MR) is 255 cm³/mol. The van der Waals surface area contributed by atoms with Crippen LogP contribution in [0.3, 0.4) is 0 Å². The van der Waals surface area contributed by atoms with Crippen LogP contribution >= 0.6 is 0 Å². The fraction of sp³-hybridized carbons (Fsp3) is 0. The maximum atomic E-state index is 5.60. The van der Waals surface area contributed by atoms with Gasteiger partial charge in [0, 0.05) is 66.4 Å². The van der Waals surface area contributed by atoms with Crippen molar-refractivity contribution in [3.8, 4) is 23.3 Å². The van der Waals surface area contributed by atoms with Gasteiger partial charge in [0.2, 0.25) is 5.95 Å². The van der Waals surface area contributed by atoms with E-state index in [2.05, 4.69) is 211 Å². The fourth-order valence-electron chi connectivity index (χ4n) is 10.3. The Labute approximate surface area is 353 Å². The molecule has 8 aromatic carbocycles. The van der Waals surface area contributed by atoms with E-state index < -0.39 is 0 Å². The van der Waals surface area contributed by atoms with Gasteiger partial charge in [-0.15, -0.1) is 0 Å². The predicted octanol–water partition coefficient (Wildman–Crippen LogP) is 13.4. The molecule has 62 heavy (non-hydrogen) atoms. The monoisotopic (exact) mass is 791 g/mol. The van der Waals surface area contributed by atoms with Crippen molar-refractivity contribution in [1.82, 2.24) is 33.2 Å². The molecule has 0 N–H and O–H groups in total. The molecule has 0 fully saturated rings. The third-order valence-corrected chi connectivity index (χ3v) is 12.8. The molecule has 0 spiro atoms. The second-order valence-electron chi connectivity index (χ2n) is 16.1. The second kappa shape index (κ2) is 12.5. The summed E-state index contributed by atoms with van der Waals surface area (Å²) in [5.74, 6) is 2.18. The van der Waals surface area contributed by atoms with Crippen LogP contribution < -0.4 is 0 Å². The van der Waals surface area contributed by atoms with Crippen molar-refractivity contribution in [2.75, 3.05) is 0 Å². The average Bonchev–Trinajstić information content (AvgIpc) is 4.06. The minimum atomic E-state index is 0.595. The van der Waals surface area contributed by atoms with Crippen LogP contribution in [0.1, 0.15) is 0 Å². The summed E-state index contributed by atoms with van der Waals surface area (Å²) in [6, 6.07) is 69.3. The molecule has 7 nitrogen and oxygen atoms in total. The lowest BCUT2D eigenvalue weighted by atomic mass is 10.1. The van der Waals surface area contributed by atoms with E-state index in [4.69, 9.17) is 9.97 Å². The van der Waals surface area contributed by atoms with Crippen LogP contribution in [0.25, 0.3) is 121 Å². The van der Waals surface area contributed by atoms with Crippen LogP contribution in [0.2, 0.25) is 0 Å². The van der Waals surface area contributed by atoms with E-state index in [1.54, 1.807) is 0 Å². The topological polar surface area (TPSA) is 58.4 Å². The molecule has 0 unspecified atom stereocenters. The Balaban J connectivity index is 1.12. The van der Waals surface area contributed by atoms with E-state index in [9.17, 15) is 0 Å². The summed E-state index contributed by atoms with van der Waals surface area (Å²) < 4.78 is 9.26. The molecule has 288 valence electrons. The van der Waals surface area contributed by atoms with Gasteiger partial charge >= 0.3 is 0 Å². The fourth-order valence-corrected chi connectivity index (χ4v) is 10.3. The van der Waals surface area contributed by atoms with E-state index in [1.807, 2.05) is 12.3 Å². The van der Waals surface area contributed by atoms with Gasteiger partial charge in [0.25, 0.3) is 0 Å². The molecular weight excluding hydrogens is 759 g/mol. The molecule has 0 saturated carbocycles. The van der Waals surface area contributed by atoms with Gasteiger partial charge in [0.1, 0.15) is 11.6 Å². The third-order valence-electron chi connectivity index (χ3n) is 12.8. The largest absolute Gasteiger partial charge is 0.309 e. The van der Waals surface area contributed by atoms with Gasteiger partial charge in [-0.1, -0.05) is 115 Å². The van der Waals surface area contributed by atoms with Gasteiger partial charge in [-0.25, -0.2) is 0 Å². The quantitative estimate of drug-likeness (QED) is 0.178. The third kappa shape index (κ3) is 4.51. The molecule has 0 aliphatic rings. The van der Waals surface area contributed by atoms with E-state index in [1.165, 1.54) is 37.7 Å². The molecule has 6 aromatic heterocycles. The van der Waals surface area contributed by atoms with Gasteiger partial charge in [-0.3, -0.25) is 18.7 Å². The summed E-state index contributed by atoms with van der Waals surface area (Å²) in [5, 5.41) is 10.5. The SMILES string of the molecule is c1cnc2ccc(-n3c4ccccc4c4c5c6ccccc6n(-c6nc(-n7c8ccccc8c8ccccc87)cc(-n7c8ccccc8c8ccccc87)n6)c5ccc43)cc2c1. The molecule has 0 saturated heterocycles. The number of hydrogen-bond donors (Lipinski definition) is 0. The van der Waals surface area contributed by atoms with Crippen LogP contribution in [-0.4, -0.2) is 33.2 Å². The molecule has 0 radical (unpaired) electrons. The average molecular weight is 792 g/mol.